The zero-order chi connectivity index (χ0) is 14.2. The van der Waals surface area contributed by atoms with Crippen LogP contribution in [0.15, 0.2) is 41.8 Å². The van der Waals surface area contributed by atoms with Crippen LogP contribution in [0.4, 0.5) is 0 Å². The van der Waals surface area contributed by atoms with E-state index >= 15 is 0 Å². The first-order valence-corrected chi connectivity index (χ1v) is 8.20. The first-order chi connectivity index (χ1) is 9.85. The maximum absolute atomic E-state index is 5.76. The maximum atomic E-state index is 5.76. The fraction of sp³-hybridized carbons (Fsp3) is 0.412. The average Bonchev–Trinajstić information content (AvgIpc) is 2.98. The fourth-order valence-electron chi connectivity index (χ4n) is 2.41. The van der Waals surface area contributed by atoms with E-state index in [1.165, 1.54) is 10.4 Å². The lowest BCUT2D eigenvalue weighted by Gasteiger charge is -2.21. The van der Waals surface area contributed by atoms with Gasteiger partial charge in [-0.3, -0.25) is 0 Å². The zero-order valence-electron chi connectivity index (χ0n) is 12.3. The van der Waals surface area contributed by atoms with Crippen LogP contribution in [-0.2, 0) is 6.42 Å². The molecule has 2 aromatic rings. The summed E-state index contributed by atoms with van der Waals surface area (Å²) in [5.74, 6) is 1.01. The molecule has 20 heavy (non-hydrogen) atoms. The minimum atomic E-state index is 0.352. The van der Waals surface area contributed by atoms with E-state index in [0.29, 0.717) is 12.6 Å². The molecular formula is C17H23NOS. The van der Waals surface area contributed by atoms with Crippen molar-refractivity contribution in [3.63, 3.8) is 0 Å². The van der Waals surface area contributed by atoms with Crippen molar-refractivity contribution in [2.75, 3.05) is 13.2 Å². The van der Waals surface area contributed by atoms with Gasteiger partial charge < -0.3 is 10.1 Å². The Bertz CT molecular complexity index is 495. The average molecular weight is 289 g/mol. The van der Waals surface area contributed by atoms with Gasteiger partial charge in [-0.15, -0.1) is 11.3 Å². The molecule has 0 radical (unpaired) electrons. The van der Waals surface area contributed by atoms with E-state index in [1.54, 1.807) is 0 Å². The second-order valence-electron chi connectivity index (χ2n) is 4.70. The molecular weight excluding hydrogens is 266 g/mol. The predicted molar refractivity (Wildman–Crippen MR) is 86.7 cm³/mol. The number of aryl methyl sites for hydroxylation is 1. The molecule has 0 aliphatic rings. The van der Waals surface area contributed by atoms with Gasteiger partial charge in [-0.1, -0.05) is 31.2 Å². The number of ether oxygens (including phenoxy) is 1. The molecule has 108 valence electrons. The lowest BCUT2D eigenvalue weighted by molar-refractivity contribution is 0.330. The Morgan fingerprint density at radius 2 is 2.00 bits per heavy atom. The molecule has 0 amide bonds. The van der Waals surface area contributed by atoms with Crippen LogP contribution < -0.4 is 10.1 Å². The number of nitrogens with one attached hydrogen (secondary N) is 1. The smallest absolute Gasteiger partial charge is 0.124 e. The van der Waals surface area contributed by atoms with Crippen LogP contribution in [0, 0.1) is 0 Å². The van der Waals surface area contributed by atoms with Crippen molar-refractivity contribution in [1.82, 2.24) is 5.32 Å². The van der Waals surface area contributed by atoms with Gasteiger partial charge in [-0.25, -0.2) is 0 Å². The van der Waals surface area contributed by atoms with Crippen molar-refractivity contribution < 1.29 is 4.74 Å². The molecule has 0 aliphatic heterocycles. The third kappa shape index (κ3) is 4.09. The van der Waals surface area contributed by atoms with Crippen LogP contribution in [-0.4, -0.2) is 13.2 Å². The highest BCUT2D eigenvalue weighted by Gasteiger charge is 2.15. The minimum Gasteiger partial charge on any atom is -0.494 e. The van der Waals surface area contributed by atoms with Gasteiger partial charge in [0.15, 0.2) is 0 Å². The van der Waals surface area contributed by atoms with E-state index in [1.807, 2.05) is 24.3 Å². The van der Waals surface area contributed by atoms with Crippen LogP contribution in [0.5, 0.6) is 5.75 Å². The quantitative estimate of drug-likeness (QED) is 0.776. The topological polar surface area (TPSA) is 21.3 Å². The molecule has 1 unspecified atom stereocenters. The van der Waals surface area contributed by atoms with Gasteiger partial charge in [-0.05, 0) is 43.8 Å². The monoisotopic (exact) mass is 289 g/mol. The third-order valence-corrected chi connectivity index (χ3v) is 4.24. The van der Waals surface area contributed by atoms with E-state index in [9.17, 15) is 0 Å². The number of para-hydroxylation sites is 1. The van der Waals surface area contributed by atoms with E-state index in [4.69, 9.17) is 4.74 Å². The lowest BCUT2D eigenvalue weighted by Crippen LogP contribution is -2.22. The molecule has 0 saturated heterocycles. The molecule has 0 fully saturated rings. The number of hydrogen-bond acceptors (Lipinski definition) is 3. The standard InChI is InChI=1S/C17H23NOS/c1-3-18-16(12-11-14-8-7-13-20-14)15-9-5-6-10-17(15)19-4-2/h5-10,13,16,18H,3-4,11-12H2,1-2H3. The highest BCUT2D eigenvalue weighted by Crippen LogP contribution is 2.28. The third-order valence-electron chi connectivity index (χ3n) is 3.30. The normalized spacial score (nSPS) is 12.3. The largest absolute Gasteiger partial charge is 0.494 e. The first kappa shape index (κ1) is 15.1. The second-order valence-corrected chi connectivity index (χ2v) is 5.73. The summed E-state index contributed by atoms with van der Waals surface area (Å²) in [5.41, 5.74) is 1.27. The van der Waals surface area contributed by atoms with Crippen LogP contribution in [0.25, 0.3) is 0 Å². The van der Waals surface area contributed by atoms with Crippen molar-refractivity contribution in [1.29, 1.82) is 0 Å². The molecule has 3 heteroatoms. The van der Waals surface area contributed by atoms with E-state index in [2.05, 4.69) is 48.0 Å². The molecule has 0 aliphatic carbocycles. The number of rotatable bonds is 8. The number of hydrogen-bond donors (Lipinski definition) is 1. The summed E-state index contributed by atoms with van der Waals surface area (Å²) < 4.78 is 5.76. The molecule has 2 rings (SSSR count). The Hall–Kier alpha value is -1.32. The molecule has 2 nitrogen and oxygen atoms in total. The summed E-state index contributed by atoms with van der Waals surface area (Å²) in [7, 11) is 0. The van der Waals surface area contributed by atoms with Crippen molar-refractivity contribution in [3.8, 4) is 5.75 Å². The molecule has 0 bridgehead atoms. The zero-order valence-corrected chi connectivity index (χ0v) is 13.1. The summed E-state index contributed by atoms with van der Waals surface area (Å²) >= 11 is 1.83. The minimum absolute atomic E-state index is 0.352. The molecule has 1 heterocycles. The van der Waals surface area contributed by atoms with Gasteiger partial charge in [0.2, 0.25) is 0 Å². The van der Waals surface area contributed by atoms with Crippen molar-refractivity contribution in [2.24, 2.45) is 0 Å². The Morgan fingerprint density at radius 1 is 1.15 bits per heavy atom. The highest BCUT2D eigenvalue weighted by atomic mass is 32.1. The van der Waals surface area contributed by atoms with Gasteiger partial charge in [0.05, 0.1) is 6.61 Å². The molecule has 1 aromatic carbocycles. The van der Waals surface area contributed by atoms with Gasteiger partial charge in [-0.2, -0.15) is 0 Å². The van der Waals surface area contributed by atoms with E-state index in [0.717, 1.165) is 25.1 Å². The van der Waals surface area contributed by atoms with E-state index in [-0.39, 0.29) is 0 Å². The summed E-state index contributed by atoms with van der Waals surface area (Å²) in [6, 6.07) is 13.0. The Labute approximate surface area is 125 Å². The first-order valence-electron chi connectivity index (χ1n) is 7.32. The van der Waals surface area contributed by atoms with Gasteiger partial charge in [0.1, 0.15) is 5.75 Å². The molecule has 1 atom stereocenters. The van der Waals surface area contributed by atoms with Crippen molar-refractivity contribution in [3.05, 3.63) is 52.2 Å². The summed E-state index contributed by atoms with van der Waals surface area (Å²) in [6.07, 6.45) is 2.20. The Morgan fingerprint density at radius 3 is 2.70 bits per heavy atom. The summed E-state index contributed by atoms with van der Waals surface area (Å²) in [4.78, 5) is 1.45. The van der Waals surface area contributed by atoms with Crippen LogP contribution in [0.2, 0.25) is 0 Å². The molecule has 0 spiro atoms. The Kier molecular flexibility index (Phi) is 6.09. The summed E-state index contributed by atoms with van der Waals surface area (Å²) in [6.45, 7) is 5.86. The molecule has 1 N–H and O–H groups in total. The maximum Gasteiger partial charge on any atom is 0.124 e. The number of thiophene rings is 1. The van der Waals surface area contributed by atoms with Crippen molar-refractivity contribution >= 4 is 11.3 Å². The number of benzene rings is 1. The van der Waals surface area contributed by atoms with Gasteiger partial charge >= 0.3 is 0 Å². The molecule has 1 aromatic heterocycles. The second kappa shape index (κ2) is 8.08. The Balaban J connectivity index is 2.10. The van der Waals surface area contributed by atoms with Crippen LogP contribution >= 0.6 is 11.3 Å². The van der Waals surface area contributed by atoms with E-state index < -0.39 is 0 Å². The SMILES string of the molecule is CCNC(CCc1cccs1)c1ccccc1OCC. The van der Waals surface area contributed by atoms with Gasteiger partial charge in [0, 0.05) is 16.5 Å². The predicted octanol–water partition coefficient (Wildman–Crippen LogP) is 4.43. The molecule has 0 saturated carbocycles. The van der Waals surface area contributed by atoms with Crippen LogP contribution in [0.3, 0.4) is 0 Å². The van der Waals surface area contributed by atoms with Crippen molar-refractivity contribution in [2.45, 2.75) is 32.7 Å². The fourth-order valence-corrected chi connectivity index (χ4v) is 3.14. The highest BCUT2D eigenvalue weighted by molar-refractivity contribution is 7.09. The van der Waals surface area contributed by atoms with Crippen LogP contribution in [0.1, 0.15) is 36.8 Å². The lowest BCUT2D eigenvalue weighted by atomic mass is 10.0. The van der Waals surface area contributed by atoms with Gasteiger partial charge in [0.25, 0.3) is 0 Å². The summed E-state index contributed by atoms with van der Waals surface area (Å²) in [5, 5.41) is 5.73.